The minimum Gasteiger partial charge on any atom is -0.454 e. The van der Waals surface area contributed by atoms with Crippen LogP contribution < -0.4 is 25.4 Å². The molecule has 0 aromatic heterocycles. The summed E-state index contributed by atoms with van der Waals surface area (Å²) in [7, 11) is 0. The zero-order valence-corrected chi connectivity index (χ0v) is 13.8. The predicted octanol–water partition coefficient (Wildman–Crippen LogP) is 2.74. The smallest absolute Gasteiger partial charge is 0.319 e. The van der Waals surface area contributed by atoms with Crippen LogP contribution in [-0.4, -0.2) is 25.3 Å². The van der Waals surface area contributed by atoms with E-state index < -0.39 is 0 Å². The van der Waals surface area contributed by atoms with Crippen LogP contribution in [0.25, 0.3) is 0 Å². The summed E-state index contributed by atoms with van der Waals surface area (Å²) in [4.78, 5) is 22.9. The van der Waals surface area contributed by atoms with Gasteiger partial charge in [-0.2, -0.15) is 0 Å². The van der Waals surface area contributed by atoms with Gasteiger partial charge in [0.2, 0.25) is 12.7 Å². The molecule has 0 unspecified atom stereocenters. The number of carbonyl (C=O) groups excluding carboxylic acids is 2. The van der Waals surface area contributed by atoms with Gasteiger partial charge in [0.15, 0.2) is 11.5 Å². The van der Waals surface area contributed by atoms with Crippen molar-refractivity contribution >= 4 is 23.3 Å². The van der Waals surface area contributed by atoms with Crippen LogP contribution in [0.5, 0.6) is 11.5 Å². The van der Waals surface area contributed by atoms with Crippen molar-refractivity contribution in [1.29, 1.82) is 0 Å². The molecule has 7 heteroatoms. The molecule has 1 aliphatic heterocycles. The molecule has 1 heterocycles. The fraction of sp³-hybridized carbons (Fsp3) is 0.222. The van der Waals surface area contributed by atoms with Crippen molar-refractivity contribution in [2.45, 2.75) is 13.3 Å². The second-order valence-corrected chi connectivity index (χ2v) is 5.58. The van der Waals surface area contributed by atoms with E-state index in [0.717, 1.165) is 17.1 Å². The number of amides is 3. The number of benzene rings is 2. The molecule has 1 aliphatic rings. The summed E-state index contributed by atoms with van der Waals surface area (Å²) in [5, 5.41) is 8.21. The molecule has 0 radical (unpaired) electrons. The summed E-state index contributed by atoms with van der Waals surface area (Å²) in [6.07, 6.45) is 0.686. The highest BCUT2D eigenvalue weighted by Gasteiger charge is 2.13. The Morgan fingerprint density at radius 1 is 0.960 bits per heavy atom. The highest BCUT2D eigenvalue weighted by atomic mass is 16.7. The lowest BCUT2D eigenvalue weighted by Gasteiger charge is -2.09. The molecule has 3 N–H and O–H groups in total. The Balaban J connectivity index is 1.44. The second kappa shape index (κ2) is 7.57. The van der Waals surface area contributed by atoms with Crippen molar-refractivity contribution in [2.24, 2.45) is 0 Å². The molecule has 0 bridgehead atoms. The summed E-state index contributed by atoms with van der Waals surface area (Å²) in [6.45, 7) is 2.19. The lowest BCUT2D eigenvalue weighted by molar-refractivity contribution is -0.114. The molecule has 0 fully saturated rings. The number of anilines is 2. The van der Waals surface area contributed by atoms with E-state index >= 15 is 0 Å². The van der Waals surface area contributed by atoms with E-state index in [9.17, 15) is 9.59 Å². The van der Waals surface area contributed by atoms with Crippen molar-refractivity contribution in [3.63, 3.8) is 0 Å². The molecular formula is C18H19N3O4. The van der Waals surface area contributed by atoms with E-state index in [1.54, 1.807) is 24.3 Å². The number of urea groups is 1. The molecular weight excluding hydrogens is 322 g/mol. The van der Waals surface area contributed by atoms with Gasteiger partial charge in [0.1, 0.15) is 0 Å². The minimum absolute atomic E-state index is 0.137. The Hall–Kier alpha value is -3.22. The van der Waals surface area contributed by atoms with Gasteiger partial charge in [0.05, 0.1) is 0 Å². The molecule has 3 rings (SSSR count). The first kappa shape index (κ1) is 16.6. The SMILES string of the molecule is CC(=O)Nc1ccc(NC(=O)NCCc2ccc3c(c2)OCO3)cc1. The Morgan fingerprint density at radius 2 is 1.64 bits per heavy atom. The van der Waals surface area contributed by atoms with E-state index in [1.165, 1.54) is 6.92 Å². The van der Waals surface area contributed by atoms with E-state index in [-0.39, 0.29) is 18.7 Å². The standard InChI is InChI=1S/C18H19N3O4/c1-12(22)20-14-3-5-15(6-4-14)21-18(23)19-9-8-13-2-7-16-17(10-13)25-11-24-16/h2-7,10H,8-9,11H2,1H3,(H,20,22)(H2,19,21,23). The van der Waals surface area contributed by atoms with E-state index in [1.807, 2.05) is 18.2 Å². The number of nitrogens with one attached hydrogen (secondary N) is 3. The van der Waals surface area contributed by atoms with Crippen molar-refractivity contribution < 1.29 is 19.1 Å². The van der Waals surface area contributed by atoms with Gasteiger partial charge in [0, 0.05) is 24.8 Å². The Kier molecular flexibility index (Phi) is 5.03. The van der Waals surface area contributed by atoms with Gasteiger partial charge < -0.3 is 25.4 Å². The maximum Gasteiger partial charge on any atom is 0.319 e. The van der Waals surface area contributed by atoms with Gasteiger partial charge >= 0.3 is 6.03 Å². The molecule has 0 atom stereocenters. The third kappa shape index (κ3) is 4.63. The average Bonchev–Trinajstić information content (AvgIpc) is 3.04. The zero-order valence-electron chi connectivity index (χ0n) is 13.8. The number of rotatable bonds is 5. The summed E-state index contributed by atoms with van der Waals surface area (Å²) < 4.78 is 10.6. The predicted molar refractivity (Wildman–Crippen MR) is 94.0 cm³/mol. The van der Waals surface area contributed by atoms with Crippen LogP contribution in [0.15, 0.2) is 42.5 Å². The van der Waals surface area contributed by atoms with Crippen LogP contribution in [0.4, 0.5) is 16.2 Å². The molecule has 25 heavy (non-hydrogen) atoms. The number of carbonyl (C=O) groups is 2. The van der Waals surface area contributed by atoms with E-state index in [0.29, 0.717) is 24.3 Å². The van der Waals surface area contributed by atoms with Gasteiger partial charge in [-0.1, -0.05) is 6.07 Å². The number of hydrogen-bond donors (Lipinski definition) is 3. The van der Waals surface area contributed by atoms with Gasteiger partial charge in [-0.15, -0.1) is 0 Å². The normalized spacial score (nSPS) is 11.7. The summed E-state index contributed by atoms with van der Waals surface area (Å²) in [5.74, 6) is 1.35. The Labute approximate surface area is 145 Å². The molecule has 0 aliphatic carbocycles. The lowest BCUT2D eigenvalue weighted by atomic mass is 10.1. The van der Waals surface area contributed by atoms with Crippen molar-refractivity contribution in [3.05, 3.63) is 48.0 Å². The molecule has 130 valence electrons. The Morgan fingerprint density at radius 3 is 2.36 bits per heavy atom. The highest BCUT2D eigenvalue weighted by molar-refractivity contribution is 5.91. The minimum atomic E-state index is -0.284. The maximum atomic E-state index is 11.9. The first-order valence-electron chi connectivity index (χ1n) is 7.91. The molecule has 7 nitrogen and oxygen atoms in total. The third-order valence-electron chi connectivity index (χ3n) is 3.60. The lowest BCUT2D eigenvalue weighted by Crippen LogP contribution is -2.30. The monoisotopic (exact) mass is 341 g/mol. The third-order valence-corrected chi connectivity index (χ3v) is 3.60. The summed E-state index contributed by atoms with van der Waals surface area (Å²) in [6, 6.07) is 12.4. The van der Waals surface area contributed by atoms with Crippen LogP contribution in [0.3, 0.4) is 0 Å². The van der Waals surface area contributed by atoms with Crippen molar-refractivity contribution in [2.75, 3.05) is 24.0 Å². The number of ether oxygens (including phenoxy) is 2. The van der Waals surface area contributed by atoms with Crippen LogP contribution in [-0.2, 0) is 11.2 Å². The zero-order chi connectivity index (χ0) is 17.6. The van der Waals surface area contributed by atoms with Crippen molar-refractivity contribution in [3.8, 4) is 11.5 Å². The fourth-order valence-corrected chi connectivity index (χ4v) is 2.43. The molecule has 0 spiro atoms. The second-order valence-electron chi connectivity index (χ2n) is 5.58. The fourth-order valence-electron chi connectivity index (χ4n) is 2.43. The van der Waals surface area contributed by atoms with Crippen LogP contribution in [0.1, 0.15) is 12.5 Å². The van der Waals surface area contributed by atoms with E-state index in [4.69, 9.17) is 9.47 Å². The quantitative estimate of drug-likeness (QED) is 0.780. The highest BCUT2D eigenvalue weighted by Crippen LogP contribution is 2.32. The first-order chi connectivity index (χ1) is 12.1. The van der Waals surface area contributed by atoms with Crippen LogP contribution in [0, 0.1) is 0 Å². The van der Waals surface area contributed by atoms with Gasteiger partial charge in [-0.3, -0.25) is 4.79 Å². The van der Waals surface area contributed by atoms with Gasteiger partial charge in [0.25, 0.3) is 0 Å². The van der Waals surface area contributed by atoms with Crippen molar-refractivity contribution in [1.82, 2.24) is 5.32 Å². The average molecular weight is 341 g/mol. The first-order valence-corrected chi connectivity index (χ1v) is 7.91. The molecule has 2 aromatic carbocycles. The van der Waals surface area contributed by atoms with E-state index in [2.05, 4.69) is 16.0 Å². The molecule has 2 aromatic rings. The van der Waals surface area contributed by atoms with Gasteiger partial charge in [-0.05, 0) is 48.4 Å². The maximum absolute atomic E-state index is 11.9. The molecule has 3 amide bonds. The number of fused-ring (bicyclic) bond motifs is 1. The topological polar surface area (TPSA) is 88.7 Å². The summed E-state index contributed by atoms with van der Waals surface area (Å²) in [5.41, 5.74) is 2.39. The van der Waals surface area contributed by atoms with Crippen LogP contribution >= 0.6 is 0 Å². The van der Waals surface area contributed by atoms with Gasteiger partial charge in [-0.25, -0.2) is 4.79 Å². The largest absolute Gasteiger partial charge is 0.454 e. The Bertz CT molecular complexity index is 774. The molecule has 0 saturated heterocycles. The molecule has 0 saturated carbocycles. The number of hydrogen-bond acceptors (Lipinski definition) is 4. The summed E-state index contributed by atoms with van der Waals surface area (Å²) >= 11 is 0. The van der Waals surface area contributed by atoms with Crippen LogP contribution in [0.2, 0.25) is 0 Å².